The van der Waals surface area contributed by atoms with Gasteiger partial charge in [0.15, 0.2) is 0 Å². The third-order valence-electron chi connectivity index (χ3n) is 4.39. The van der Waals surface area contributed by atoms with Crippen molar-refractivity contribution < 1.29 is 0 Å². The maximum Gasteiger partial charge on any atom is 0.0158 e. The van der Waals surface area contributed by atoms with Crippen molar-refractivity contribution in [1.82, 2.24) is 4.90 Å². The van der Waals surface area contributed by atoms with Crippen LogP contribution in [-0.2, 0) is 0 Å². The first kappa shape index (κ1) is 12.7. The van der Waals surface area contributed by atoms with Crippen LogP contribution in [0.2, 0.25) is 0 Å². The van der Waals surface area contributed by atoms with E-state index in [0.29, 0.717) is 5.41 Å². The van der Waals surface area contributed by atoms with Gasteiger partial charge in [-0.3, -0.25) is 4.90 Å². The summed E-state index contributed by atoms with van der Waals surface area (Å²) in [5.74, 6) is 2.62. The Morgan fingerprint density at radius 1 is 1.31 bits per heavy atom. The largest absolute Gasteiger partial charge is 0.330 e. The fourth-order valence-electron chi connectivity index (χ4n) is 3.16. The minimum atomic E-state index is 0.453. The SMILES string of the molecule is CC1CSCCN1CC1(CN)CCCCC1. The normalized spacial score (nSPS) is 31.5. The molecule has 2 N–H and O–H groups in total. The van der Waals surface area contributed by atoms with Crippen molar-refractivity contribution in [3.8, 4) is 0 Å². The molecule has 1 aliphatic heterocycles. The Labute approximate surface area is 104 Å². The number of hydrogen-bond acceptors (Lipinski definition) is 3. The van der Waals surface area contributed by atoms with Crippen molar-refractivity contribution in [3.05, 3.63) is 0 Å². The Balaban J connectivity index is 1.93. The number of rotatable bonds is 3. The van der Waals surface area contributed by atoms with E-state index in [1.54, 1.807) is 0 Å². The van der Waals surface area contributed by atoms with Crippen LogP contribution in [0, 0.1) is 5.41 Å². The van der Waals surface area contributed by atoms with Crippen molar-refractivity contribution >= 4 is 11.8 Å². The first-order valence-corrected chi connectivity index (χ1v) is 7.93. The predicted molar refractivity (Wildman–Crippen MR) is 72.9 cm³/mol. The van der Waals surface area contributed by atoms with E-state index in [-0.39, 0.29) is 0 Å². The van der Waals surface area contributed by atoms with Crippen LogP contribution in [0.3, 0.4) is 0 Å². The van der Waals surface area contributed by atoms with Crippen LogP contribution >= 0.6 is 11.8 Å². The van der Waals surface area contributed by atoms with Crippen LogP contribution in [0.5, 0.6) is 0 Å². The molecule has 0 aromatic rings. The Morgan fingerprint density at radius 3 is 2.69 bits per heavy atom. The topological polar surface area (TPSA) is 29.3 Å². The molecule has 1 heterocycles. The minimum Gasteiger partial charge on any atom is -0.330 e. The Morgan fingerprint density at radius 2 is 2.06 bits per heavy atom. The summed E-state index contributed by atoms with van der Waals surface area (Å²) in [6.45, 7) is 5.79. The lowest BCUT2D eigenvalue weighted by atomic mass is 9.73. The van der Waals surface area contributed by atoms with Crippen molar-refractivity contribution in [3.63, 3.8) is 0 Å². The third-order valence-corrected chi connectivity index (χ3v) is 5.58. The van der Waals surface area contributed by atoms with Crippen molar-refractivity contribution in [1.29, 1.82) is 0 Å². The molecular formula is C13H26N2S. The van der Waals surface area contributed by atoms with Crippen molar-refractivity contribution in [2.75, 3.05) is 31.1 Å². The summed E-state index contributed by atoms with van der Waals surface area (Å²) in [6, 6.07) is 0.754. The van der Waals surface area contributed by atoms with Crippen LogP contribution < -0.4 is 5.73 Å². The van der Waals surface area contributed by atoms with Crippen LogP contribution in [0.1, 0.15) is 39.0 Å². The highest BCUT2D eigenvalue weighted by molar-refractivity contribution is 7.99. The molecule has 2 rings (SSSR count). The quantitative estimate of drug-likeness (QED) is 0.823. The van der Waals surface area contributed by atoms with Crippen LogP contribution in [0.4, 0.5) is 0 Å². The molecule has 0 aromatic carbocycles. The van der Waals surface area contributed by atoms with E-state index in [0.717, 1.165) is 12.6 Å². The molecule has 94 valence electrons. The molecule has 0 aromatic heterocycles. The first-order chi connectivity index (χ1) is 7.76. The lowest BCUT2D eigenvalue weighted by Crippen LogP contribution is -2.49. The minimum absolute atomic E-state index is 0.453. The molecule has 0 spiro atoms. The van der Waals surface area contributed by atoms with Gasteiger partial charge in [-0.15, -0.1) is 0 Å². The molecule has 1 saturated heterocycles. The number of hydrogen-bond donors (Lipinski definition) is 1. The summed E-state index contributed by atoms with van der Waals surface area (Å²) < 4.78 is 0. The number of nitrogens with zero attached hydrogens (tertiary/aromatic N) is 1. The molecule has 0 amide bonds. The van der Waals surface area contributed by atoms with E-state index in [1.165, 1.54) is 56.7 Å². The lowest BCUT2D eigenvalue weighted by molar-refractivity contribution is 0.0948. The fraction of sp³-hybridized carbons (Fsp3) is 1.00. The van der Waals surface area contributed by atoms with Gasteiger partial charge in [-0.25, -0.2) is 0 Å². The summed E-state index contributed by atoms with van der Waals surface area (Å²) >= 11 is 2.10. The summed E-state index contributed by atoms with van der Waals surface area (Å²) in [5, 5.41) is 0. The van der Waals surface area contributed by atoms with Gasteiger partial charge >= 0.3 is 0 Å². The van der Waals surface area contributed by atoms with E-state index in [1.807, 2.05) is 0 Å². The zero-order valence-electron chi connectivity index (χ0n) is 10.6. The second kappa shape index (κ2) is 5.74. The molecular weight excluding hydrogens is 216 g/mol. The second-order valence-corrected chi connectivity index (χ2v) is 6.81. The average molecular weight is 242 g/mol. The molecule has 1 unspecified atom stereocenters. The monoisotopic (exact) mass is 242 g/mol. The summed E-state index contributed by atoms with van der Waals surface area (Å²) in [6.07, 6.45) is 6.94. The van der Waals surface area contributed by atoms with Gasteiger partial charge in [0.05, 0.1) is 0 Å². The van der Waals surface area contributed by atoms with E-state index in [2.05, 4.69) is 23.6 Å². The van der Waals surface area contributed by atoms with Gasteiger partial charge in [-0.05, 0) is 31.7 Å². The number of nitrogens with two attached hydrogens (primary N) is 1. The third kappa shape index (κ3) is 2.93. The van der Waals surface area contributed by atoms with E-state index < -0.39 is 0 Å². The smallest absolute Gasteiger partial charge is 0.0158 e. The average Bonchev–Trinajstić information content (AvgIpc) is 2.33. The summed E-state index contributed by atoms with van der Waals surface area (Å²) in [7, 11) is 0. The lowest BCUT2D eigenvalue weighted by Gasteiger charge is -2.43. The summed E-state index contributed by atoms with van der Waals surface area (Å²) in [4.78, 5) is 2.69. The number of thioether (sulfide) groups is 1. The molecule has 2 fully saturated rings. The van der Waals surface area contributed by atoms with Crippen LogP contribution in [-0.4, -0.2) is 42.1 Å². The molecule has 3 heteroatoms. The van der Waals surface area contributed by atoms with Crippen LogP contribution in [0.15, 0.2) is 0 Å². The fourth-order valence-corrected chi connectivity index (χ4v) is 4.24. The van der Waals surface area contributed by atoms with E-state index in [4.69, 9.17) is 5.73 Å². The van der Waals surface area contributed by atoms with Crippen molar-refractivity contribution in [2.24, 2.45) is 11.1 Å². The van der Waals surface area contributed by atoms with Gasteiger partial charge in [-0.1, -0.05) is 19.3 Å². The van der Waals surface area contributed by atoms with Gasteiger partial charge in [0.25, 0.3) is 0 Å². The zero-order chi connectivity index (χ0) is 11.4. The summed E-state index contributed by atoms with van der Waals surface area (Å²) in [5.41, 5.74) is 6.52. The molecule has 2 nitrogen and oxygen atoms in total. The maximum atomic E-state index is 6.07. The molecule has 1 atom stereocenters. The maximum absolute atomic E-state index is 6.07. The van der Waals surface area contributed by atoms with E-state index >= 15 is 0 Å². The van der Waals surface area contributed by atoms with E-state index in [9.17, 15) is 0 Å². The highest BCUT2D eigenvalue weighted by Crippen LogP contribution is 2.37. The zero-order valence-corrected chi connectivity index (χ0v) is 11.4. The van der Waals surface area contributed by atoms with Gasteiger partial charge in [0, 0.05) is 30.6 Å². The standard InChI is InChI=1S/C13H26N2S/c1-12-9-16-8-7-15(12)11-13(10-14)5-3-2-4-6-13/h12H,2-11,14H2,1H3. The Bertz CT molecular complexity index is 214. The van der Waals surface area contributed by atoms with Gasteiger partial charge in [-0.2, -0.15) is 11.8 Å². The highest BCUT2D eigenvalue weighted by atomic mass is 32.2. The van der Waals surface area contributed by atoms with Gasteiger partial charge in [0.1, 0.15) is 0 Å². The van der Waals surface area contributed by atoms with Gasteiger partial charge in [0.2, 0.25) is 0 Å². The van der Waals surface area contributed by atoms with Crippen molar-refractivity contribution in [2.45, 2.75) is 45.1 Å². The first-order valence-electron chi connectivity index (χ1n) is 6.78. The molecule has 16 heavy (non-hydrogen) atoms. The Hall–Kier alpha value is 0.270. The molecule has 2 aliphatic rings. The molecule has 1 saturated carbocycles. The highest BCUT2D eigenvalue weighted by Gasteiger charge is 2.34. The molecule has 0 bridgehead atoms. The molecule has 0 radical (unpaired) electrons. The second-order valence-electron chi connectivity index (χ2n) is 5.66. The van der Waals surface area contributed by atoms with Gasteiger partial charge < -0.3 is 5.73 Å². The predicted octanol–water partition coefficient (Wildman–Crippen LogP) is 2.33. The Kier molecular flexibility index (Phi) is 4.57. The van der Waals surface area contributed by atoms with Crippen LogP contribution in [0.25, 0.3) is 0 Å². The molecule has 1 aliphatic carbocycles.